The summed E-state index contributed by atoms with van der Waals surface area (Å²) in [6.07, 6.45) is 3.88. The van der Waals surface area contributed by atoms with Gasteiger partial charge in [0.25, 0.3) is 0 Å². The number of aldehydes is 1. The van der Waals surface area contributed by atoms with Gasteiger partial charge in [0.1, 0.15) is 6.29 Å². The van der Waals surface area contributed by atoms with Gasteiger partial charge in [-0.05, 0) is 34.1 Å². The molecule has 0 aliphatic carbocycles. The molecule has 0 aromatic rings. The zero-order valence-electron chi connectivity index (χ0n) is 6.59. The largest absolute Gasteiger partial charge is 0.312 e. The van der Waals surface area contributed by atoms with Crippen LogP contribution in [0.3, 0.4) is 0 Å². The van der Waals surface area contributed by atoms with Crippen molar-refractivity contribution < 1.29 is 4.79 Å². The first-order valence-corrected chi connectivity index (χ1v) is 2.82. The molecular weight excluding hydrogens is 114 g/mol. The summed E-state index contributed by atoms with van der Waals surface area (Å²) < 4.78 is 0. The fourth-order valence-electron chi connectivity index (χ4n) is 0.0786. The smallest absolute Gasteiger partial charge is 0.142 e. The van der Waals surface area contributed by atoms with Crippen molar-refractivity contribution in [3.63, 3.8) is 0 Å². The topological polar surface area (TPSA) is 20.3 Å². The van der Waals surface area contributed by atoms with E-state index in [2.05, 4.69) is 0 Å². The molecule has 0 saturated heterocycles. The number of carbonyl (C=O) groups is 1. The number of allylic oxidation sites excluding steroid dienone is 2. The average molecular weight is 129 g/mol. The highest BCUT2D eigenvalue weighted by molar-refractivity contribution is 5.64. The van der Waals surface area contributed by atoms with Crippen molar-refractivity contribution >= 4 is 6.29 Å². The van der Waals surface area contributed by atoms with E-state index in [1.807, 2.05) is 26.0 Å². The summed E-state index contributed by atoms with van der Waals surface area (Å²) in [5.41, 5.74) is 0. The minimum Gasteiger partial charge on any atom is -0.312 e. The summed E-state index contributed by atoms with van der Waals surface area (Å²) in [7, 11) is 6.00. The van der Waals surface area contributed by atoms with Crippen LogP contribution < -0.4 is 0 Å². The number of carbonyl (C=O) groups excluding carboxylic acids is 1. The van der Waals surface area contributed by atoms with Crippen LogP contribution in [0, 0.1) is 0 Å². The average Bonchev–Trinajstić information content (AvgIpc) is 1.66. The molecule has 0 N–H and O–H groups in total. The molecule has 0 heterocycles. The van der Waals surface area contributed by atoms with Crippen LogP contribution in [0.25, 0.3) is 0 Å². The van der Waals surface area contributed by atoms with E-state index in [1.165, 1.54) is 6.08 Å². The third-order valence-corrected chi connectivity index (χ3v) is 0.271. The highest BCUT2D eigenvalue weighted by Gasteiger charge is 1.58. The molecule has 0 saturated carbocycles. The first-order valence-electron chi connectivity index (χ1n) is 2.82. The van der Waals surface area contributed by atoms with Gasteiger partial charge in [-0.25, -0.2) is 0 Å². The van der Waals surface area contributed by atoms with E-state index in [0.717, 1.165) is 6.29 Å². The van der Waals surface area contributed by atoms with Crippen LogP contribution >= 0.6 is 0 Å². The normalized spacial score (nSPS) is 9.00. The first kappa shape index (κ1) is 11.2. The molecule has 0 aromatic heterocycles. The molecule has 0 fully saturated rings. The van der Waals surface area contributed by atoms with Gasteiger partial charge in [-0.2, -0.15) is 0 Å². The lowest BCUT2D eigenvalue weighted by Crippen LogP contribution is -1.99. The lowest BCUT2D eigenvalue weighted by Gasteiger charge is -1.90. The van der Waals surface area contributed by atoms with Crippen LogP contribution in [0.15, 0.2) is 12.2 Å². The van der Waals surface area contributed by atoms with Crippen LogP contribution in [0.5, 0.6) is 0 Å². The van der Waals surface area contributed by atoms with Crippen LogP contribution in [-0.2, 0) is 4.79 Å². The highest BCUT2D eigenvalue weighted by Crippen LogP contribution is 1.55. The lowest BCUT2D eigenvalue weighted by atomic mass is 10.6. The maximum Gasteiger partial charge on any atom is 0.142 e. The van der Waals surface area contributed by atoms with Gasteiger partial charge in [-0.3, -0.25) is 4.79 Å². The fourth-order valence-corrected chi connectivity index (χ4v) is 0.0786. The van der Waals surface area contributed by atoms with Crippen molar-refractivity contribution in [2.45, 2.75) is 6.92 Å². The van der Waals surface area contributed by atoms with Crippen molar-refractivity contribution in [1.82, 2.24) is 4.90 Å². The molecule has 0 rings (SSSR count). The zero-order chi connectivity index (χ0) is 7.70. The third kappa shape index (κ3) is 113. The molecule has 0 unspecified atom stereocenters. The van der Waals surface area contributed by atoms with E-state index >= 15 is 0 Å². The molecule has 9 heavy (non-hydrogen) atoms. The predicted molar refractivity (Wildman–Crippen MR) is 40.5 cm³/mol. The van der Waals surface area contributed by atoms with Crippen molar-refractivity contribution in [1.29, 1.82) is 0 Å². The molecule has 0 aromatic carbocycles. The molecule has 0 spiro atoms. The van der Waals surface area contributed by atoms with Crippen LogP contribution in [0.4, 0.5) is 0 Å². The molecule has 0 atom stereocenters. The maximum atomic E-state index is 9.32. The Kier molecular flexibility index (Phi) is 12.9. The molecule has 0 bridgehead atoms. The lowest BCUT2D eigenvalue weighted by molar-refractivity contribution is -0.104. The summed E-state index contributed by atoms with van der Waals surface area (Å²) in [4.78, 5) is 11.3. The molecule has 0 amide bonds. The fraction of sp³-hybridized carbons (Fsp3) is 0.571. The van der Waals surface area contributed by atoms with Gasteiger partial charge in [0.15, 0.2) is 0 Å². The van der Waals surface area contributed by atoms with Crippen molar-refractivity contribution in [3.05, 3.63) is 12.2 Å². The quantitative estimate of drug-likeness (QED) is 0.388. The van der Waals surface area contributed by atoms with Crippen LogP contribution in [0.1, 0.15) is 6.92 Å². The molecule has 2 nitrogen and oxygen atoms in total. The summed E-state index contributed by atoms with van der Waals surface area (Å²) in [5, 5.41) is 0. The molecule has 0 aliphatic rings. The van der Waals surface area contributed by atoms with Gasteiger partial charge in [0.05, 0.1) is 0 Å². The van der Waals surface area contributed by atoms with E-state index < -0.39 is 0 Å². The Hall–Kier alpha value is -0.630. The van der Waals surface area contributed by atoms with Gasteiger partial charge in [0, 0.05) is 0 Å². The minimum absolute atomic E-state index is 0.750. The second-order valence-electron chi connectivity index (χ2n) is 2.00. The Balaban J connectivity index is 0. The molecule has 54 valence electrons. The predicted octanol–water partition coefficient (Wildman–Crippen LogP) is 0.939. The van der Waals surface area contributed by atoms with Gasteiger partial charge in [-0.1, -0.05) is 6.08 Å². The van der Waals surface area contributed by atoms with Crippen molar-refractivity contribution in [3.8, 4) is 0 Å². The van der Waals surface area contributed by atoms with Gasteiger partial charge in [-0.15, -0.1) is 0 Å². The Bertz CT molecular complexity index is 74.2. The van der Waals surface area contributed by atoms with Gasteiger partial charge in [0.2, 0.25) is 0 Å². The molecule has 2 heteroatoms. The van der Waals surface area contributed by atoms with E-state index in [9.17, 15) is 4.79 Å². The SMILES string of the molecule is C/C=C/C=O.CN(C)C. The molecule has 0 radical (unpaired) electrons. The monoisotopic (exact) mass is 129 g/mol. The Morgan fingerprint density at radius 1 is 1.22 bits per heavy atom. The summed E-state index contributed by atoms with van der Waals surface area (Å²) >= 11 is 0. The zero-order valence-corrected chi connectivity index (χ0v) is 6.59. The van der Waals surface area contributed by atoms with E-state index in [1.54, 1.807) is 13.0 Å². The van der Waals surface area contributed by atoms with Crippen molar-refractivity contribution in [2.24, 2.45) is 0 Å². The molecule has 0 aliphatic heterocycles. The summed E-state index contributed by atoms with van der Waals surface area (Å²) in [6.45, 7) is 1.80. The maximum absolute atomic E-state index is 9.32. The van der Waals surface area contributed by atoms with Crippen LogP contribution in [-0.4, -0.2) is 32.3 Å². The minimum atomic E-state index is 0.750. The van der Waals surface area contributed by atoms with Crippen LogP contribution in [0.2, 0.25) is 0 Å². The number of nitrogens with zero attached hydrogens (tertiary/aromatic N) is 1. The Morgan fingerprint density at radius 3 is 1.56 bits per heavy atom. The Morgan fingerprint density at radius 2 is 1.56 bits per heavy atom. The van der Waals surface area contributed by atoms with Crippen molar-refractivity contribution in [2.75, 3.05) is 21.1 Å². The first-order chi connectivity index (χ1) is 4.15. The summed E-state index contributed by atoms with van der Waals surface area (Å²) in [6, 6.07) is 0. The molecular formula is C7H15NO. The second kappa shape index (κ2) is 10.4. The third-order valence-electron chi connectivity index (χ3n) is 0.271. The number of hydrogen-bond donors (Lipinski definition) is 0. The Labute approximate surface area is 57.2 Å². The van der Waals surface area contributed by atoms with Gasteiger partial charge < -0.3 is 4.90 Å². The number of rotatable bonds is 1. The van der Waals surface area contributed by atoms with E-state index in [-0.39, 0.29) is 0 Å². The standard InChI is InChI=1S/C4H6O.C3H9N/c1-2-3-4-5;1-4(2)3/h2-4H,1H3;1-3H3/b3-2+;. The summed E-state index contributed by atoms with van der Waals surface area (Å²) in [5.74, 6) is 0. The second-order valence-corrected chi connectivity index (χ2v) is 2.00. The number of hydrogen-bond acceptors (Lipinski definition) is 2. The van der Waals surface area contributed by atoms with E-state index in [0.29, 0.717) is 0 Å². The van der Waals surface area contributed by atoms with E-state index in [4.69, 9.17) is 0 Å². The van der Waals surface area contributed by atoms with Gasteiger partial charge >= 0.3 is 0 Å². The highest BCUT2D eigenvalue weighted by atomic mass is 16.1.